The van der Waals surface area contributed by atoms with E-state index >= 15 is 0 Å². The van der Waals surface area contributed by atoms with Crippen LogP contribution >= 0.6 is 0 Å². The van der Waals surface area contributed by atoms with Crippen molar-refractivity contribution >= 4 is 11.7 Å². The fourth-order valence-corrected chi connectivity index (χ4v) is 1.70. The fraction of sp³-hybridized carbons (Fsp3) is 0.0769. The van der Waals surface area contributed by atoms with E-state index in [-0.39, 0.29) is 11.4 Å². The van der Waals surface area contributed by atoms with Crippen LogP contribution in [0.4, 0.5) is 5.69 Å². The van der Waals surface area contributed by atoms with Gasteiger partial charge in [0.25, 0.3) is 0 Å². The van der Waals surface area contributed by atoms with Crippen molar-refractivity contribution in [3.05, 3.63) is 47.8 Å². The summed E-state index contributed by atoms with van der Waals surface area (Å²) in [5.74, 6) is -1.11. The van der Waals surface area contributed by atoms with Crippen molar-refractivity contribution in [2.24, 2.45) is 0 Å². The molecule has 0 amide bonds. The Morgan fingerprint density at radius 1 is 1.35 bits per heavy atom. The zero-order chi connectivity index (χ0) is 12.4. The number of carbonyl (C=O) groups is 1. The lowest BCUT2D eigenvalue weighted by molar-refractivity contribution is 0.0692. The molecule has 0 radical (unpaired) electrons. The maximum absolute atomic E-state index is 10.8. The number of nitrogens with two attached hydrogens (primary N) is 1. The van der Waals surface area contributed by atoms with Crippen LogP contribution in [-0.4, -0.2) is 16.1 Å². The lowest BCUT2D eigenvalue weighted by Crippen LogP contribution is -2.05. The van der Waals surface area contributed by atoms with Crippen LogP contribution < -0.4 is 5.73 Å². The van der Waals surface area contributed by atoms with Crippen molar-refractivity contribution < 1.29 is 9.90 Å². The van der Waals surface area contributed by atoms with Gasteiger partial charge >= 0.3 is 5.97 Å². The van der Waals surface area contributed by atoms with Gasteiger partial charge in [-0.2, -0.15) is 0 Å². The predicted octanol–water partition coefficient (Wildman–Crippen LogP) is 2.34. The van der Waals surface area contributed by atoms with Crippen LogP contribution in [0.25, 0.3) is 11.1 Å². The minimum atomic E-state index is -1.11. The van der Waals surface area contributed by atoms with E-state index in [1.54, 1.807) is 6.07 Å². The second-order valence-electron chi connectivity index (χ2n) is 3.78. The number of benzene rings is 1. The standard InChI is InChI=1S/C13H12N2O2/c1-8-4-2-3-5-10(8)9-6-11(14)12(13(16)17)15-7-9/h2-7H,14H2,1H3,(H,16,17). The molecule has 3 N–H and O–H groups in total. The van der Waals surface area contributed by atoms with E-state index in [4.69, 9.17) is 10.8 Å². The first-order valence-electron chi connectivity index (χ1n) is 5.14. The van der Waals surface area contributed by atoms with Crippen molar-refractivity contribution in [3.63, 3.8) is 0 Å². The first-order chi connectivity index (χ1) is 8.09. The van der Waals surface area contributed by atoms with E-state index < -0.39 is 5.97 Å². The second-order valence-corrected chi connectivity index (χ2v) is 3.78. The molecule has 2 rings (SSSR count). The molecule has 0 unspecified atom stereocenters. The molecule has 4 heteroatoms. The van der Waals surface area contributed by atoms with Gasteiger partial charge in [-0.05, 0) is 24.1 Å². The van der Waals surface area contributed by atoms with Crippen molar-refractivity contribution in [1.82, 2.24) is 4.98 Å². The number of aromatic carboxylic acids is 1. The highest BCUT2D eigenvalue weighted by atomic mass is 16.4. The maximum atomic E-state index is 10.8. The predicted molar refractivity (Wildman–Crippen MR) is 65.8 cm³/mol. The van der Waals surface area contributed by atoms with Crippen LogP contribution in [0.2, 0.25) is 0 Å². The normalized spacial score (nSPS) is 10.2. The lowest BCUT2D eigenvalue weighted by Gasteiger charge is -2.07. The monoisotopic (exact) mass is 228 g/mol. The van der Waals surface area contributed by atoms with Gasteiger partial charge in [-0.15, -0.1) is 0 Å². The SMILES string of the molecule is Cc1ccccc1-c1cnc(C(=O)O)c(N)c1. The van der Waals surface area contributed by atoms with E-state index in [0.29, 0.717) is 0 Å². The molecular formula is C13H12N2O2. The van der Waals surface area contributed by atoms with Gasteiger partial charge < -0.3 is 10.8 Å². The Morgan fingerprint density at radius 3 is 2.65 bits per heavy atom. The van der Waals surface area contributed by atoms with Crippen LogP contribution in [0.5, 0.6) is 0 Å². The molecule has 0 saturated carbocycles. The summed E-state index contributed by atoms with van der Waals surface area (Å²) in [6.45, 7) is 1.98. The van der Waals surface area contributed by atoms with E-state index in [2.05, 4.69) is 4.98 Å². The highest BCUT2D eigenvalue weighted by Crippen LogP contribution is 2.25. The summed E-state index contributed by atoms with van der Waals surface area (Å²) in [6.07, 6.45) is 1.53. The number of anilines is 1. The number of carboxylic acid groups (broad SMARTS) is 1. The Bertz CT molecular complexity index is 579. The van der Waals surface area contributed by atoms with E-state index in [0.717, 1.165) is 16.7 Å². The van der Waals surface area contributed by atoms with Crippen molar-refractivity contribution in [1.29, 1.82) is 0 Å². The topological polar surface area (TPSA) is 76.2 Å². The molecule has 0 aliphatic carbocycles. The third-order valence-corrected chi connectivity index (χ3v) is 2.58. The number of rotatable bonds is 2. The van der Waals surface area contributed by atoms with E-state index in [1.165, 1.54) is 6.20 Å². The van der Waals surface area contributed by atoms with Crippen LogP contribution in [0.1, 0.15) is 16.1 Å². The van der Waals surface area contributed by atoms with E-state index in [9.17, 15) is 4.79 Å². The van der Waals surface area contributed by atoms with Crippen molar-refractivity contribution in [2.75, 3.05) is 5.73 Å². The third-order valence-electron chi connectivity index (χ3n) is 2.58. The Kier molecular flexibility index (Phi) is 2.78. The van der Waals surface area contributed by atoms with Gasteiger partial charge in [0, 0.05) is 11.8 Å². The highest BCUT2D eigenvalue weighted by molar-refractivity contribution is 5.92. The number of pyridine rings is 1. The van der Waals surface area contributed by atoms with Gasteiger partial charge in [-0.25, -0.2) is 9.78 Å². The molecule has 0 aliphatic rings. The van der Waals surface area contributed by atoms with Gasteiger partial charge in [-0.3, -0.25) is 0 Å². The summed E-state index contributed by atoms with van der Waals surface area (Å²) in [5.41, 5.74) is 8.66. The highest BCUT2D eigenvalue weighted by Gasteiger charge is 2.11. The van der Waals surface area contributed by atoms with Crippen LogP contribution in [0.15, 0.2) is 36.5 Å². The van der Waals surface area contributed by atoms with Crippen molar-refractivity contribution in [2.45, 2.75) is 6.92 Å². The Balaban J connectivity index is 2.52. The smallest absolute Gasteiger partial charge is 0.356 e. The summed E-state index contributed by atoms with van der Waals surface area (Å²) >= 11 is 0. The molecule has 0 fully saturated rings. The summed E-state index contributed by atoms with van der Waals surface area (Å²) in [7, 11) is 0. The minimum Gasteiger partial charge on any atom is -0.476 e. The number of carboxylic acids is 1. The second kappa shape index (κ2) is 4.25. The number of aromatic nitrogens is 1. The molecule has 0 spiro atoms. The molecule has 17 heavy (non-hydrogen) atoms. The third kappa shape index (κ3) is 2.10. The number of nitrogens with zero attached hydrogens (tertiary/aromatic N) is 1. The number of hydrogen-bond acceptors (Lipinski definition) is 3. The van der Waals surface area contributed by atoms with Crippen LogP contribution in [0.3, 0.4) is 0 Å². The minimum absolute atomic E-state index is 0.109. The van der Waals surface area contributed by atoms with Gasteiger partial charge in [0.2, 0.25) is 0 Å². The zero-order valence-corrected chi connectivity index (χ0v) is 9.34. The molecule has 86 valence electrons. The van der Waals surface area contributed by atoms with Gasteiger partial charge in [-0.1, -0.05) is 24.3 Å². The lowest BCUT2D eigenvalue weighted by atomic mass is 10.0. The maximum Gasteiger partial charge on any atom is 0.356 e. The zero-order valence-electron chi connectivity index (χ0n) is 9.34. The average Bonchev–Trinajstić information content (AvgIpc) is 2.29. The van der Waals surface area contributed by atoms with Crippen LogP contribution in [0, 0.1) is 6.92 Å². The Labute approximate surface area is 98.7 Å². The molecule has 0 saturated heterocycles. The number of nitrogen functional groups attached to an aromatic ring is 1. The number of hydrogen-bond donors (Lipinski definition) is 2. The molecule has 1 heterocycles. The summed E-state index contributed by atoms with van der Waals surface area (Å²) in [4.78, 5) is 14.7. The van der Waals surface area contributed by atoms with Gasteiger partial charge in [0.05, 0.1) is 5.69 Å². The molecule has 1 aromatic heterocycles. The van der Waals surface area contributed by atoms with E-state index in [1.807, 2.05) is 31.2 Å². The summed E-state index contributed by atoms with van der Waals surface area (Å²) in [6, 6.07) is 9.44. The van der Waals surface area contributed by atoms with Gasteiger partial charge in [0.15, 0.2) is 5.69 Å². The largest absolute Gasteiger partial charge is 0.476 e. The molecule has 0 atom stereocenters. The average molecular weight is 228 g/mol. The first kappa shape index (κ1) is 11.1. The molecule has 2 aromatic rings. The Hall–Kier alpha value is -2.36. The van der Waals surface area contributed by atoms with Crippen LogP contribution in [-0.2, 0) is 0 Å². The van der Waals surface area contributed by atoms with Gasteiger partial charge in [0.1, 0.15) is 0 Å². The molecule has 0 aliphatic heterocycles. The summed E-state index contributed by atoms with van der Waals surface area (Å²) in [5, 5.41) is 8.84. The quantitative estimate of drug-likeness (QED) is 0.827. The first-order valence-corrected chi connectivity index (χ1v) is 5.14. The summed E-state index contributed by atoms with van der Waals surface area (Å²) < 4.78 is 0. The van der Waals surface area contributed by atoms with Crippen molar-refractivity contribution in [3.8, 4) is 11.1 Å². The Morgan fingerprint density at radius 2 is 2.06 bits per heavy atom. The number of aryl methyl sites for hydroxylation is 1. The molecule has 0 bridgehead atoms. The molecular weight excluding hydrogens is 216 g/mol. The molecule has 1 aromatic carbocycles. The fourth-order valence-electron chi connectivity index (χ4n) is 1.70. The molecule has 4 nitrogen and oxygen atoms in total.